The van der Waals surface area contributed by atoms with Gasteiger partial charge in [0, 0.05) is 17.1 Å². The van der Waals surface area contributed by atoms with Crippen molar-refractivity contribution in [3.8, 4) is 0 Å². The van der Waals surface area contributed by atoms with Crippen LogP contribution in [-0.2, 0) is 0 Å². The normalized spacial score (nSPS) is 20.4. The molecule has 1 aliphatic rings. The van der Waals surface area contributed by atoms with Gasteiger partial charge in [-0.3, -0.25) is 0 Å². The van der Waals surface area contributed by atoms with Crippen LogP contribution in [0.1, 0.15) is 57.1 Å². The highest BCUT2D eigenvalue weighted by molar-refractivity contribution is 9.10. The molecule has 2 atom stereocenters. The van der Waals surface area contributed by atoms with E-state index in [0.29, 0.717) is 12.6 Å². The monoisotopic (exact) mass is 339 g/mol. The van der Waals surface area contributed by atoms with Crippen molar-refractivity contribution in [1.82, 2.24) is 5.32 Å². The Morgan fingerprint density at radius 3 is 2.60 bits per heavy atom. The molecule has 1 saturated carbocycles. The summed E-state index contributed by atoms with van der Waals surface area (Å²) in [6.07, 6.45) is 7.76. The SMILES string of the molecule is C[C@H](NCC(O)c1cccc(Br)c1)C1CCCCCC1. The quantitative estimate of drug-likeness (QED) is 0.777. The molecular formula is C17H26BrNO. The van der Waals surface area contributed by atoms with Crippen LogP contribution in [0.2, 0.25) is 0 Å². The van der Waals surface area contributed by atoms with Crippen molar-refractivity contribution < 1.29 is 5.11 Å². The lowest BCUT2D eigenvalue weighted by molar-refractivity contribution is 0.164. The van der Waals surface area contributed by atoms with E-state index in [1.54, 1.807) is 0 Å². The zero-order chi connectivity index (χ0) is 14.4. The predicted molar refractivity (Wildman–Crippen MR) is 87.8 cm³/mol. The molecule has 2 N–H and O–H groups in total. The van der Waals surface area contributed by atoms with Crippen molar-refractivity contribution in [2.75, 3.05) is 6.54 Å². The van der Waals surface area contributed by atoms with Crippen LogP contribution in [0.5, 0.6) is 0 Å². The first-order valence-corrected chi connectivity index (χ1v) is 8.63. The Morgan fingerprint density at radius 2 is 1.95 bits per heavy atom. The Balaban J connectivity index is 1.81. The van der Waals surface area contributed by atoms with E-state index in [0.717, 1.165) is 16.0 Å². The highest BCUT2D eigenvalue weighted by atomic mass is 79.9. The fourth-order valence-electron chi connectivity index (χ4n) is 3.11. The summed E-state index contributed by atoms with van der Waals surface area (Å²) < 4.78 is 1.02. The summed E-state index contributed by atoms with van der Waals surface area (Å²) in [5.41, 5.74) is 0.972. The molecule has 1 aliphatic carbocycles. The summed E-state index contributed by atoms with van der Waals surface area (Å²) in [6, 6.07) is 8.42. The van der Waals surface area contributed by atoms with Gasteiger partial charge in [-0.2, -0.15) is 0 Å². The highest BCUT2D eigenvalue weighted by Crippen LogP contribution is 2.26. The lowest BCUT2D eigenvalue weighted by Crippen LogP contribution is -2.36. The van der Waals surface area contributed by atoms with Crippen LogP contribution >= 0.6 is 15.9 Å². The number of nitrogens with one attached hydrogen (secondary N) is 1. The van der Waals surface area contributed by atoms with E-state index in [-0.39, 0.29) is 0 Å². The molecule has 20 heavy (non-hydrogen) atoms. The Hall–Kier alpha value is -0.380. The zero-order valence-corrected chi connectivity index (χ0v) is 13.9. The third-order valence-corrected chi connectivity index (χ3v) is 4.97. The van der Waals surface area contributed by atoms with Crippen LogP contribution in [-0.4, -0.2) is 17.7 Å². The van der Waals surface area contributed by atoms with Gasteiger partial charge in [0.05, 0.1) is 6.10 Å². The molecule has 2 rings (SSSR count). The van der Waals surface area contributed by atoms with E-state index < -0.39 is 6.10 Å². The molecule has 2 nitrogen and oxygen atoms in total. The van der Waals surface area contributed by atoms with Crippen molar-refractivity contribution in [3.63, 3.8) is 0 Å². The zero-order valence-electron chi connectivity index (χ0n) is 12.3. The van der Waals surface area contributed by atoms with Crippen LogP contribution in [0.15, 0.2) is 28.7 Å². The summed E-state index contributed by atoms with van der Waals surface area (Å²) in [7, 11) is 0. The van der Waals surface area contributed by atoms with Crippen molar-refractivity contribution in [2.45, 2.75) is 57.6 Å². The van der Waals surface area contributed by atoms with Gasteiger partial charge in [0.1, 0.15) is 0 Å². The Morgan fingerprint density at radius 1 is 1.25 bits per heavy atom. The van der Waals surface area contributed by atoms with Gasteiger partial charge in [-0.15, -0.1) is 0 Å². The number of benzene rings is 1. The number of halogens is 1. The number of hydrogen-bond acceptors (Lipinski definition) is 2. The third-order valence-electron chi connectivity index (χ3n) is 4.47. The number of aliphatic hydroxyl groups is 1. The maximum absolute atomic E-state index is 10.3. The van der Waals surface area contributed by atoms with E-state index in [1.807, 2.05) is 24.3 Å². The summed E-state index contributed by atoms with van der Waals surface area (Å²) in [5, 5.41) is 13.8. The van der Waals surface area contributed by atoms with Gasteiger partial charge < -0.3 is 10.4 Å². The minimum Gasteiger partial charge on any atom is -0.387 e. The summed E-state index contributed by atoms with van der Waals surface area (Å²) >= 11 is 3.45. The summed E-state index contributed by atoms with van der Waals surface area (Å²) in [6.45, 7) is 2.90. The molecule has 0 aromatic heterocycles. The van der Waals surface area contributed by atoms with Crippen LogP contribution in [0.25, 0.3) is 0 Å². The second-order valence-corrected chi connectivity index (χ2v) is 6.94. The van der Waals surface area contributed by atoms with Crippen LogP contribution < -0.4 is 5.32 Å². The van der Waals surface area contributed by atoms with Crippen LogP contribution in [0.4, 0.5) is 0 Å². The van der Waals surface area contributed by atoms with Gasteiger partial charge in [-0.05, 0) is 43.4 Å². The second-order valence-electron chi connectivity index (χ2n) is 6.02. The fourth-order valence-corrected chi connectivity index (χ4v) is 3.52. The van der Waals surface area contributed by atoms with E-state index >= 15 is 0 Å². The molecule has 0 saturated heterocycles. The van der Waals surface area contributed by atoms with E-state index in [9.17, 15) is 5.11 Å². The van der Waals surface area contributed by atoms with Gasteiger partial charge in [0.25, 0.3) is 0 Å². The average molecular weight is 340 g/mol. The van der Waals surface area contributed by atoms with Crippen molar-refractivity contribution in [2.24, 2.45) is 5.92 Å². The minimum atomic E-state index is -0.430. The Bertz CT molecular complexity index is 402. The molecule has 3 heteroatoms. The molecule has 0 amide bonds. The lowest BCUT2D eigenvalue weighted by Gasteiger charge is -2.25. The van der Waals surface area contributed by atoms with Crippen LogP contribution in [0.3, 0.4) is 0 Å². The van der Waals surface area contributed by atoms with E-state index in [2.05, 4.69) is 28.2 Å². The molecule has 0 radical (unpaired) electrons. The molecule has 112 valence electrons. The third kappa shape index (κ3) is 4.87. The lowest BCUT2D eigenvalue weighted by atomic mass is 9.93. The van der Waals surface area contributed by atoms with Crippen molar-refractivity contribution in [1.29, 1.82) is 0 Å². The smallest absolute Gasteiger partial charge is 0.0914 e. The first-order valence-electron chi connectivity index (χ1n) is 7.83. The molecule has 0 spiro atoms. The molecule has 1 fully saturated rings. The standard InChI is InChI=1S/C17H26BrNO/c1-13(14-7-4-2-3-5-8-14)19-12-17(20)15-9-6-10-16(18)11-15/h6,9-11,13-14,17,19-20H,2-5,7-8,12H2,1H3/t13-,17?/m0/s1. The van der Waals surface area contributed by atoms with Gasteiger partial charge in [-0.25, -0.2) is 0 Å². The van der Waals surface area contributed by atoms with Gasteiger partial charge >= 0.3 is 0 Å². The Labute approximate surface area is 131 Å². The summed E-state index contributed by atoms with van der Waals surface area (Å²) in [4.78, 5) is 0. The van der Waals surface area contributed by atoms with Crippen molar-refractivity contribution in [3.05, 3.63) is 34.3 Å². The maximum atomic E-state index is 10.3. The second kappa shape index (κ2) is 8.16. The predicted octanol–water partition coefficient (Wildman–Crippen LogP) is 4.43. The van der Waals surface area contributed by atoms with Gasteiger partial charge in [0.15, 0.2) is 0 Å². The summed E-state index contributed by atoms with van der Waals surface area (Å²) in [5.74, 6) is 0.771. The van der Waals surface area contributed by atoms with E-state index in [4.69, 9.17) is 0 Å². The highest BCUT2D eigenvalue weighted by Gasteiger charge is 2.19. The molecule has 1 aromatic carbocycles. The van der Waals surface area contributed by atoms with E-state index in [1.165, 1.54) is 38.5 Å². The minimum absolute atomic E-state index is 0.430. The Kier molecular flexibility index (Phi) is 6.53. The van der Waals surface area contributed by atoms with Gasteiger partial charge in [0.2, 0.25) is 0 Å². The largest absolute Gasteiger partial charge is 0.387 e. The molecule has 0 bridgehead atoms. The number of aliphatic hydroxyl groups excluding tert-OH is 1. The number of rotatable bonds is 5. The molecular weight excluding hydrogens is 314 g/mol. The maximum Gasteiger partial charge on any atom is 0.0914 e. The molecule has 1 aromatic rings. The molecule has 0 aliphatic heterocycles. The average Bonchev–Trinajstić information content (AvgIpc) is 2.73. The molecule has 1 unspecified atom stereocenters. The molecule has 0 heterocycles. The first-order chi connectivity index (χ1) is 9.66. The fraction of sp³-hybridized carbons (Fsp3) is 0.647. The van der Waals surface area contributed by atoms with Crippen molar-refractivity contribution >= 4 is 15.9 Å². The van der Waals surface area contributed by atoms with Crippen LogP contribution in [0, 0.1) is 5.92 Å². The van der Waals surface area contributed by atoms with Gasteiger partial charge in [-0.1, -0.05) is 53.7 Å². The topological polar surface area (TPSA) is 32.3 Å². The number of hydrogen-bond donors (Lipinski definition) is 2. The first kappa shape index (κ1) is 16.0.